The molecule has 0 saturated carbocycles. The summed E-state index contributed by atoms with van der Waals surface area (Å²) >= 11 is 0. The number of rotatable bonds is 3. The van der Waals surface area contributed by atoms with Gasteiger partial charge in [0.15, 0.2) is 23.0 Å². The summed E-state index contributed by atoms with van der Waals surface area (Å²) in [5.74, 6) is -12.6. The first-order valence-electron chi connectivity index (χ1n) is 8.02. The molecule has 3 rings (SSSR count). The molecule has 0 atom stereocenters. The Bertz CT molecular complexity index is 1050. The molecule has 0 spiro atoms. The van der Waals surface area contributed by atoms with Gasteiger partial charge in [0.1, 0.15) is 11.4 Å². The van der Waals surface area contributed by atoms with Crippen LogP contribution in [-0.2, 0) is 0 Å². The van der Waals surface area contributed by atoms with Gasteiger partial charge >= 0.3 is 0 Å². The number of anilines is 4. The van der Waals surface area contributed by atoms with Crippen LogP contribution in [0.25, 0.3) is 0 Å². The summed E-state index contributed by atoms with van der Waals surface area (Å²) in [5.41, 5.74) is 3.89. The monoisotopic (exact) mass is 420 g/mol. The van der Waals surface area contributed by atoms with Crippen molar-refractivity contribution in [2.75, 3.05) is 10.6 Å². The zero-order chi connectivity index (χ0) is 22.5. The van der Waals surface area contributed by atoms with Gasteiger partial charge < -0.3 is 56.8 Å². The first-order valence-corrected chi connectivity index (χ1v) is 8.02. The van der Waals surface area contributed by atoms with Gasteiger partial charge in [-0.1, -0.05) is 6.07 Å². The lowest BCUT2D eigenvalue weighted by Crippen LogP contribution is -2.12. The van der Waals surface area contributed by atoms with E-state index in [0.717, 1.165) is 0 Å². The smallest absolute Gasteiger partial charge is 0.208 e. The van der Waals surface area contributed by atoms with Crippen molar-refractivity contribution in [1.29, 1.82) is 0 Å². The van der Waals surface area contributed by atoms with E-state index < -0.39 is 68.9 Å². The molecule has 0 fully saturated rings. The molecule has 12 nitrogen and oxygen atoms in total. The minimum atomic E-state index is -1.28. The maximum atomic E-state index is 10.3. The first kappa shape index (κ1) is 20.0. The van der Waals surface area contributed by atoms with Gasteiger partial charge in [-0.3, -0.25) is 4.90 Å². The van der Waals surface area contributed by atoms with E-state index in [1.807, 2.05) is 0 Å². The van der Waals surface area contributed by atoms with Crippen molar-refractivity contribution in [1.82, 2.24) is 0 Å². The lowest BCUT2D eigenvalue weighted by atomic mass is 10.1. The number of aromatic hydroxyl groups is 10. The molecule has 30 heavy (non-hydrogen) atoms. The Hall–Kier alpha value is -4.74. The summed E-state index contributed by atoms with van der Waals surface area (Å²) < 4.78 is 0. The second-order valence-electron chi connectivity index (χ2n) is 6.11. The maximum Gasteiger partial charge on any atom is 0.208 e. The fraction of sp³-hybridized carbons (Fsp3) is 0. The van der Waals surface area contributed by atoms with E-state index in [0.29, 0.717) is 4.90 Å². The predicted octanol–water partition coefficient (Wildman–Crippen LogP) is 1.79. The molecule has 12 N–H and O–H groups in total. The number of phenolic OH excluding ortho intramolecular Hbond substituents is 10. The number of hydrogen-bond donors (Lipinski definition) is 11. The zero-order valence-electron chi connectivity index (χ0n) is 14.8. The Balaban J connectivity index is 2.52. The quantitative estimate of drug-likeness (QED) is 0.165. The lowest BCUT2D eigenvalue weighted by Gasteiger charge is -2.29. The fourth-order valence-electron chi connectivity index (χ4n) is 2.80. The second kappa shape index (κ2) is 6.70. The molecule has 3 aromatic carbocycles. The van der Waals surface area contributed by atoms with Crippen LogP contribution in [-0.4, -0.2) is 51.1 Å². The number of nitrogen functional groups attached to an aromatic ring is 1. The van der Waals surface area contributed by atoms with Crippen LogP contribution in [0.2, 0.25) is 0 Å². The molecular weight excluding hydrogens is 404 g/mol. The summed E-state index contributed by atoms with van der Waals surface area (Å²) in [6, 6.07) is 5.27. The minimum Gasteiger partial charge on any atom is -0.503 e. The van der Waals surface area contributed by atoms with Gasteiger partial charge in [-0.05, 0) is 18.2 Å². The van der Waals surface area contributed by atoms with E-state index in [4.69, 9.17) is 5.73 Å². The van der Waals surface area contributed by atoms with E-state index in [9.17, 15) is 51.1 Å². The van der Waals surface area contributed by atoms with Crippen LogP contribution in [0.5, 0.6) is 57.5 Å². The van der Waals surface area contributed by atoms with Crippen LogP contribution in [0.15, 0.2) is 24.3 Å². The van der Waals surface area contributed by atoms with Crippen molar-refractivity contribution in [2.45, 2.75) is 0 Å². The molecule has 0 unspecified atom stereocenters. The summed E-state index contributed by atoms with van der Waals surface area (Å²) in [6.07, 6.45) is 0. The van der Waals surface area contributed by atoms with Crippen molar-refractivity contribution in [2.24, 2.45) is 0 Å². The molecule has 158 valence electrons. The van der Waals surface area contributed by atoms with Crippen molar-refractivity contribution >= 4 is 22.7 Å². The highest BCUT2D eigenvalue weighted by molar-refractivity contribution is 5.95. The Morgan fingerprint density at radius 3 is 1.17 bits per heavy atom. The third kappa shape index (κ3) is 2.71. The molecule has 12 heteroatoms. The predicted molar refractivity (Wildman–Crippen MR) is 102 cm³/mol. The van der Waals surface area contributed by atoms with Crippen molar-refractivity contribution in [3.05, 3.63) is 24.3 Å². The number of hydrogen-bond acceptors (Lipinski definition) is 12. The van der Waals surface area contributed by atoms with E-state index >= 15 is 0 Å². The van der Waals surface area contributed by atoms with Crippen molar-refractivity contribution < 1.29 is 51.1 Å². The summed E-state index contributed by atoms with van der Waals surface area (Å²) in [4.78, 5) is 0.587. The first-order chi connectivity index (χ1) is 14.0. The van der Waals surface area contributed by atoms with Crippen molar-refractivity contribution in [3.8, 4) is 57.5 Å². The van der Waals surface area contributed by atoms with E-state index in [-0.39, 0.29) is 11.4 Å². The lowest BCUT2D eigenvalue weighted by molar-refractivity contribution is 0.327. The SMILES string of the molecule is Nc1cccc(N(c2c(O)c(O)c(O)c(O)c2O)c2c(O)c(O)c(O)c(O)c2O)c1. The van der Waals surface area contributed by atoms with Crippen LogP contribution < -0.4 is 10.6 Å². The molecule has 0 heterocycles. The molecule has 0 aliphatic carbocycles. The Kier molecular flexibility index (Phi) is 4.47. The summed E-state index contributed by atoms with van der Waals surface area (Å²) in [6.45, 7) is 0. The average molecular weight is 420 g/mol. The molecule has 0 saturated heterocycles. The standard InChI is InChI=1S/C18H16N2O10/c19-5-2-1-3-6(4-5)20(7-9(21)13(25)17(29)14(26)10(7)22)8-11(23)15(27)18(30)16(28)12(8)24/h1-4,21-30H,19H2. The third-order valence-electron chi connectivity index (χ3n) is 4.27. The van der Waals surface area contributed by atoms with Crippen LogP contribution in [0.1, 0.15) is 0 Å². The van der Waals surface area contributed by atoms with Crippen molar-refractivity contribution in [3.63, 3.8) is 0 Å². The van der Waals surface area contributed by atoms with Crippen LogP contribution in [0, 0.1) is 0 Å². The third-order valence-corrected chi connectivity index (χ3v) is 4.27. The largest absolute Gasteiger partial charge is 0.503 e. The number of nitrogens with two attached hydrogens (primary N) is 1. The highest BCUT2D eigenvalue weighted by atomic mass is 16.4. The molecule has 0 aromatic heterocycles. The number of benzene rings is 3. The number of phenols is 10. The van der Waals surface area contributed by atoms with Gasteiger partial charge in [-0.25, -0.2) is 0 Å². The Labute approximate surface area is 167 Å². The minimum absolute atomic E-state index is 0.106. The topological polar surface area (TPSA) is 232 Å². The van der Waals surface area contributed by atoms with Gasteiger partial charge in [-0.15, -0.1) is 0 Å². The van der Waals surface area contributed by atoms with Gasteiger partial charge in [-0.2, -0.15) is 0 Å². The van der Waals surface area contributed by atoms with Crippen LogP contribution in [0.3, 0.4) is 0 Å². The van der Waals surface area contributed by atoms with Gasteiger partial charge in [0.05, 0.1) is 0 Å². The van der Waals surface area contributed by atoms with E-state index in [1.165, 1.54) is 24.3 Å². The molecule has 0 aliphatic rings. The fourth-order valence-corrected chi connectivity index (χ4v) is 2.80. The van der Waals surface area contributed by atoms with E-state index in [1.54, 1.807) is 0 Å². The molecule has 0 radical (unpaired) electrons. The molecular formula is C18H16N2O10. The molecule has 0 aliphatic heterocycles. The highest BCUT2D eigenvalue weighted by Gasteiger charge is 2.34. The molecule has 3 aromatic rings. The summed E-state index contributed by atoms with van der Waals surface area (Å²) in [7, 11) is 0. The average Bonchev–Trinajstić information content (AvgIpc) is 2.72. The van der Waals surface area contributed by atoms with Gasteiger partial charge in [0.2, 0.25) is 34.5 Å². The summed E-state index contributed by atoms with van der Waals surface area (Å²) in [5, 5.41) is 100. The second-order valence-corrected chi connectivity index (χ2v) is 6.11. The van der Waals surface area contributed by atoms with Crippen LogP contribution >= 0.6 is 0 Å². The molecule has 0 bridgehead atoms. The highest BCUT2D eigenvalue weighted by Crippen LogP contribution is 2.63. The zero-order valence-corrected chi connectivity index (χ0v) is 14.8. The van der Waals surface area contributed by atoms with Crippen LogP contribution in [0.4, 0.5) is 22.7 Å². The normalized spacial score (nSPS) is 10.8. The van der Waals surface area contributed by atoms with E-state index in [2.05, 4.69) is 0 Å². The Morgan fingerprint density at radius 1 is 0.500 bits per heavy atom. The van der Waals surface area contributed by atoms with Gasteiger partial charge in [0, 0.05) is 11.4 Å². The number of nitrogens with zero attached hydrogens (tertiary/aromatic N) is 1. The maximum absolute atomic E-state index is 10.3. The van der Waals surface area contributed by atoms with Gasteiger partial charge in [0.25, 0.3) is 0 Å². The Morgan fingerprint density at radius 2 is 0.833 bits per heavy atom. The molecule has 0 amide bonds.